The Balaban J connectivity index is 1.51. The second-order valence-electron chi connectivity index (χ2n) is 8.71. The molecule has 4 saturated carbocycles. The Morgan fingerprint density at radius 1 is 1.19 bits per heavy atom. The summed E-state index contributed by atoms with van der Waals surface area (Å²) in [5.41, 5.74) is 0.928. The molecule has 0 heterocycles. The van der Waals surface area contributed by atoms with Crippen molar-refractivity contribution in [1.29, 1.82) is 0 Å². The second kappa shape index (κ2) is 6.25. The lowest BCUT2D eigenvalue weighted by Gasteiger charge is -2.59. The SMILES string of the molecule is CNc1ccc(C(=O)NC(C)C23CC4CC(CC(C4)C2)C3)cc1[N+](=O)[O-]. The number of carbonyl (C=O) groups is 1. The van der Waals surface area contributed by atoms with E-state index in [1.54, 1.807) is 19.2 Å². The second-order valence-corrected chi connectivity index (χ2v) is 8.71. The summed E-state index contributed by atoms with van der Waals surface area (Å²) in [5, 5.41) is 17.2. The highest BCUT2D eigenvalue weighted by Gasteiger charge is 2.53. The average Bonchev–Trinajstić information content (AvgIpc) is 2.59. The van der Waals surface area contributed by atoms with Crippen molar-refractivity contribution in [2.75, 3.05) is 12.4 Å². The fourth-order valence-corrected chi connectivity index (χ4v) is 6.18. The molecule has 1 atom stereocenters. The standard InChI is InChI=1S/C20H27N3O3/c1-12(20-9-13-5-14(10-20)7-15(6-13)11-20)22-19(24)16-3-4-17(21-2)18(8-16)23(25)26/h3-4,8,12-15,21H,5-7,9-11H2,1-2H3,(H,22,24). The normalized spacial score (nSPS) is 32.9. The van der Waals surface area contributed by atoms with Gasteiger partial charge in [0.1, 0.15) is 5.69 Å². The van der Waals surface area contributed by atoms with E-state index >= 15 is 0 Å². The molecular weight excluding hydrogens is 330 g/mol. The van der Waals surface area contributed by atoms with Crippen LogP contribution in [0.25, 0.3) is 0 Å². The van der Waals surface area contributed by atoms with Gasteiger partial charge in [0.25, 0.3) is 11.6 Å². The molecule has 5 rings (SSSR count). The Bertz CT molecular complexity index is 711. The summed E-state index contributed by atoms with van der Waals surface area (Å²) in [7, 11) is 1.64. The van der Waals surface area contributed by atoms with Gasteiger partial charge in [-0.25, -0.2) is 0 Å². The summed E-state index contributed by atoms with van der Waals surface area (Å²) in [5.74, 6) is 2.28. The first-order valence-electron chi connectivity index (χ1n) is 9.67. The van der Waals surface area contributed by atoms with Crippen LogP contribution in [0.4, 0.5) is 11.4 Å². The molecule has 140 valence electrons. The summed E-state index contributed by atoms with van der Waals surface area (Å²) in [6.07, 6.45) is 7.78. The van der Waals surface area contributed by atoms with Gasteiger partial charge in [0.2, 0.25) is 0 Å². The molecule has 1 amide bonds. The van der Waals surface area contributed by atoms with Gasteiger partial charge in [0, 0.05) is 24.7 Å². The van der Waals surface area contributed by atoms with Crippen molar-refractivity contribution >= 4 is 17.3 Å². The molecule has 0 aromatic heterocycles. The van der Waals surface area contributed by atoms with Crippen LogP contribution in [-0.2, 0) is 0 Å². The van der Waals surface area contributed by atoms with Crippen LogP contribution < -0.4 is 10.6 Å². The monoisotopic (exact) mass is 357 g/mol. The lowest BCUT2D eigenvalue weighted by atomic mass is 9.48. The molecule has 6 nitrogen and oxygen atoms in total. The number of nitro groups is 1. The lowest BCUT2D eigenvalue weighted by molar-refractivity contribution is -0.384. The van der Waals surface area contributed by atoms with E-state index in [1.807, 2.05) is 0 Å². The predicted octanol–water partition coefficient (Wildman–Crippen LogP) is 3.97. The third-order valence-corrected chi connectivity index (χ3v) is 7.08. The Labute approximate surface area is 153 Å². The summed E-state index contributed by atoms with van der Waals surface area (Å²) in [4.78, 5) is 23.6. The molecule has 6 heteroatoms. The number of rotatable bonds is 5. The van der Waals surface area contributed by atoms with Crippen molar-refractivity contribution in [2.45, 2.75) is 51.5 Å². The highest BCUT2D eigenvalue weighted by atomic mass is 16.6. The molecule has 26 heavy (non-hydrogen) atoms. The summed E-state index contributed by atoms with van der Waals surface area (Å²) >= 11 is 0. The Hall–Kier alpha value is -2.11. The maximum absolute atomic E-state index is 12.8. The zero-order valence-corrected chi connectivity index (χ0v) is 15.5. The highest BCUT2D eigenvalue weighted by molar-refractivity contribution is 5.96. The molecule has 1 aromatic carbocycles. The van der Waals surface area contributed by atoms with E-state index in [0.717, 1.165) is 17.8 Å². The van der Waals surface area contributed by atoms with Crippen LogP contribution in [0, 0.1) is 33.3 Å². The zero-order chi connectivity index (χ0) is 18.5. The van der Waals surface area contributed by atoms with Crippen LogP contribution in [0.5, 0.6) is 0 Å². The molecule has 0 radical (unpaired) electrons. The van der Waals surface area contributed by atoms with E-state index in [9.17, 15) is 14.9 Å². The van der Waals surface area contributed by atoms with E-state index in [0.29, 0.717) is 11.3 Å². The third-order valence-electron chi connectivity index (χ3n) is 7.08. The minimum absolute atomic E-state index is 0.0670. The fraction of sp³-hybridized carbons (Fsp3) is 0.650. The number of benzene rings is 1. The topological polar surface area (TPSA) is 84.3 Å². The number of nitrogens with zero attached hydrogens (tertiary/aromatic N) is 1. The molecule has 1 aromatic rings. The van der Waals surface area contributed by atoms with Gasteiger partial charge >= 0.3 is 0 Å². The number of nitrogens with one attached hydrogen (secondary N) is 2. The highest BCUT2D eigenvalue weighted by Crippen LogP contribution is 2.61. The van der Waals surface area contributed by atoms with E-state index < -0.39 is 4.92 Å². The number of hydrogen-bond donors (Lipinski definition) is 2. The minimum Gasteiger partial charge on any atom is -0.383 e. The van der Waals surface area contributed by atoms with Crippen LogP contribution in [0.1, 0.15) is 55.8 Å². The summed E-state index contributed by atoms with van der Waals surface area (Å²) in [6, 6.07) is 4.72. The summed E-state index contributed by atoms with van der Waals surface area (Å²) in [6.45, 7) is 2.13. The minimum atomic E-state index is -0.453. The maximum Gasteiger partial charge on any atom is 0.293 e. The predicted molar refractivity (Wildman–Crippen MR) is 100 cm³/mol. The number of anilines is 1. The van der Waals surface area contributed by atoms with Gasteiger partial charge in [-0.1, -0.05) is 0 Å². The molecule has 1 unspecified atom stereocenters. The van der Waals surface area contributed by atoms with Gasteiger partial charge in [-0.2, -0.15) is 0 Å². The number of nitro benzene ring substituents is 1. The first-order chi connectivity index (χ1) is 12.4. The zero-order valence-electron chi connectivity index (χ0n) is 15.5. The molecule has 4 bridgehead atoms. The third kappa shape index (κ3) is 2.85. The van der Waals surface area contributed by atoms with Crippen LogP contribution >= 0.6 is 0 Å². The molecule has 4 fully saturated rings. The van der Waals surface area contributed by atoms with Gasteiger partial charge in [-0.3, -0.25) is 14.9 Å². The Kier molecular flexibility index (Phi) is 4.16. The van der Waals surface area contributed by atoms with Gasteiger partial charge in [-0.15, -0.1) is 0 Å². The molecule has 0 saturated heterocycles. The number of hydrogen-bond acceptors (Lipinski definition) is 4. The first-order valence-corrected chi connectivity index (χ1v) is 9.67. The molecular formula is C20H27N3O3. The van der Waals surface area contributed by atoms with Crippen molar-refractivity contribution in [1.82, 2.24) is 5.32 Å². The number of amides is 1. The molecule has 0 spiro atoms. The van der Waals surface area contributed by atoms with Gasteiger partial charge < -0.3 is 10.6 Å². The molecule has 0 aliphatic heterocycles. The quantitative estimate of drug-likeness (QED) is 0.617. The first kappa shape index (κ1) is 17.3. The number of carbonyl (C=O) groups excluding carboxylic acids is 1. The van der Waals surface area contributed by atoms with Crippen LogP contribution in [-0.4, -0.2) is 23.9 Å². The fourth-order valence-electron chi connectivity index (χ4n) is 6.18. The Morgan fingerprint density at radius 3 is 2.27 bits per heavy atom. The smallest absolute Gasteiger partial charge is 0.293 e. The van der Waals surface area contributed by atoms with Crippen LogP contribution in [0.2, 0.25) is 0 Å². The van der Waals surface area contributed by atoms with Gasteiger partial charge in [0.05, 0.1) is 4.92 Å². The van der Waals surface area contributed by atoms with Crippen LogP contribution in [0.15, 0.2) is 18.2 Å². The van der Waals surface area contributed by atoms with E-state index in [-0.39, 0.29) is 23.1 Å². The summed E-state index contributed by atoms with van der Waals surface area (Å²) < 4.78 is 0. The van der Waals surface area contributed by atoms with Crippen molar-refractivity contribution in [3.8, 4) is 0 Å². The molecule has 4 aliphatic rings. The van der Waals surface area contributed by atoms with E-state index in [1.165, 1.54) is 44.6 Å². The van der Waals surface area contributed by atoms with Gasteiger partial charge in [-0.05, 0) is 80.8 Å². The Morgan fingerprint density at radius 2 is 1.77 bits per heavy atom. The maximum atomic E-state index is 12.8. The molecule has 4 aliphatic carbocycles. The van der Waals surface area contributed by atoms with Crippen molar-refractivity contribution in [3.05, 3.63) is 33.9 Å². The van der Waals surface area contributed by atoms with Crippen molar-refractivity contribution in [2.24, 2.45) is 23.2 Å². The molecule has 2 N–H and O–H groups in total. The largest absolute Gasteiger partial charge is 0.383 e. The average molecular weight is 357 g/mol. The van der Waals surface area contributed by atoms with Gasteiger partial charge in [0.15, 0.2) is 0 Å². The van der Waals surface area contributed by atoms with E-state index in [2.05, 4.69) is 17.6 Å². The van der Waals surface area contributed by atoms with Crippen molar-refractivity contribution < 1.29 is 9.72 Å². The lowest BCUT2D eigenvalue weighted by Crippen LogP contribution is -2.55. The van der Waals surface area contributed by atoms with E-state index in [4.69, 9.17) is 0 Å². The van der Waals surface area contributed by atoms with Crippen LogP contribution in [0.3, 0.4) is 0 Å². The van der Waals surface area contributed by atoms with Crippen molar-refractivity contribution in [3.63, 3.8) is 0 Å².